The van der Waals surface area contributed by atoms with E-state index in [9.17, 15) is 4.79 Å². The molecule has 1 aromatic carbocycles. The predicted molar refractivity (Wildman–Crippen MR) is 97.0 cm³/mol. The zero-order chi connectivity index (χ0) is 15.1. The average Bonchev–Trinajstić information content (AvgIpc) is 2.48. The lowest BCUT2D eigenvalue weighted by Gasteiger charge is -2.26. The van der Waals surface area contributed by atoms with Crippen molar-refractivity contribution >= 4 is 41.7 Å². The van der Waals surface area contributed by atoms with Gasteiger partial charge in [0.25, 0.3) is 0 Å². The number of benzene rings is 1. The van der Waals surface area contributed by atoms with E-state index in [-0.39, 0.29) is 18.3 Å². The first-order valence-corrected chi connectivity index (χ1v) is 8.93. The lowest BCUT2D eigenvalue weighted by atomic mass is 9.92. The summed E-state index contributed by atoms with van der Waals surface area (Å²) in [5.74, 6) is 1.12. The van der Waals surface area contributed by atoms with Gasteiger partial charge >= 0.3 is 0 Å². The molecule has 3 N–H and O–H groups in total. The summed E-state index contributed by atoms with van der Waals surface area (Å²) in [5.41, 5.74) is 5.87. The van der Waals surface area contributed by atoms with E-state index in [0.717, 1.165) is 42.9 Å². The van der Waals surface area contributed by atoms with Crippen molar-refractivity contribution in [2.24, 2.45) is 5.73 Å². The van der Waals surface area contributed by atoms with Crippen LogP contribution in [0.3, 0.4) is 0 Å². The van der Waals surface area contributed by atoms with Crippen LogP contribution in [0.2, 0.25) is 5.02 Å². The third-order valence-corrected chi connectivity index (χ3v) is 5.12. The summed E-state index contributed by atoms with van der Waals surface area (Å²) in [6.07, 6.45) is 5.59. The molecule has 6 heteroatoms. The molecular formula is C16H24Cl2N2OS. The van der Waals surface area contributed by atoms with Crippen LogP contribution >= 0.6 is 35.8 Å². The van der Waals surface area contributed by atoms with Gasteiger partial charge in [-0.25, -0.2) is 0 Å². The Bertz CT molecular complexity index is 448. The lowest BCUT2D eigenvalue weighted by Crippen LogP contribution is -2.40. The number of amides is 1. The minimum Gasteiger partial charge on any atom is -0.353 e. The Hall–Kier alpha value is -0.420. The zero-order valence-corrected chi connectivity index (χ0v) is 15.0. The van der Waals surface area contributed by atoms with Crippen molar-refractivity contribution in [3.8, 4) is 0 Å². The number of rotatable bonds is 6. The smallest absolute Gasteiger partial charge is 0.220 e. The Morgan fingerprint density at radius 1 is 1.23 bits per heavy atom. The lowest BCUT2D eigenvalue weighted by molar-refractivity contribution is -0.122. The number of hydrogen-bond donors (Lipinski definition) is 2. The quantitative estimate of drug-likeness (QED) is 0.593. The molecule has 2 rings (SSSR count). The standard InChI is InChI=1S/C16H23ClN2OS.ClH/c17-12-3-9-15(10-4-12)21-11-1-2-16(20)19-14-7-5-13(18)6-8-14;/h3-4,9-10,13-14H,1-2,5-8,11,18H2,(H,19,20);1H. The summed E-state index contributed by atoms with van der Waals surface area (Å²) in [5, 5.41) is 3.88. The first-order valence-electron chi connectivity index (χ1n) is 7.57. The Labute approximate surface area is 148 Å². The molecule has 0 heterocycles. The van der Waals surface area contributed by atoms with Gasteiger partial charge in [-0.1, -0.05) is 11.6 Å². The zero-order valence-electron chi connectivity index (χ0n) is 12.6. The number of hydrogen-bond acceptors (Lipinski definition) is 3. The van der Waals surface area contributed by atoms with Crippen molar-refractivity contribution < 1.29 is 4.79 Å². The molecule has 0 spiro atoms. The highest BCUT2D eigenvalue weighted by molar-refractivity contribution is 7.99. The number of carbonyl (C=O) groups is 1. The molecule has 1 aliphatic rings. The van der Waals surface area contributed by atoms with Crippen LogP contribution in [0.4, 0.5) is 0 Å². The second kappa shape index (κ2) is 10.4. The van der Waals surface area contributed by atoms with E-state index in [2.05, 4.69) is 5.32 Å². The molecule has 0 saturated heterocycles. The average molecular weight is 363 g/mol. The molecule has 0 unspecified atom stereocenters. The third kappa shape index (κ3) is 7.23. The fraction of sp³-hybridized carbons (Fsp3) is 0.562. The summed E-state index contributed by atoms with van der Waals surface area (Å²) < 4.78 is 0. The van der Waals surface area contributed by atoms with Gasteiger partial charge in [-0.2, -0.15) is 0 Å². The van der Waals surface area contributed by atoms with Gasteiger partial charge in [0, 0.05) is 28.4 Å². The molecule has 1 saturated carbocycles. The summed E-state index contributed by atoms with van der Waals surface area (Å²) in [7, 11) is 0. The fourth-order valence-corrected chi connectivity index (χ4v) is 3.50. The number of thioether (sulfide) groups is 1. The van der Waals surface area contributed by atoms with Gasteiger partial charge in [-0.05, 0) is 62.1 Å². The van der Waals surface area contributed by atoms with Crippen molar-refractivity contribution in [3.05, 3.63) is 29.3 Å². The van der Waals surface area contributed by atoms with E-state index < -0.39 is 0 Å². The number of nitrogens with one attached hydrogen (secondary N) is 1. The molecule has 124 valence electrons. The van der Waals surface area contributed by atoms with Crippen LogP contribution in [-0.2, 0) is 4.79 Å². The van der Waals surface area contributed by atoms with E-state index >= 15 is 0 Å². The number of carbonyl (C=O) groups excluding carboxylic acids is 1. The SMILES string of the molecule is Cl.NC1CCC(NC(=O)CCCSc2ccc(Cl)cc2)CC1. The molecule has 0 radical (unpaired) electrons. The van der Waals surface area contributed by atoms with Crippen molar-refractivity contribution in [2.45, 2.75) is 55.5 Å². The maximum atomic E-state index is 11.9. The Kier molecular flexibility index (Phi) is 9.25. The van der Waals surface area contributed by atoms with Gasteiger partial charge in [0.05, 0.1) is 0 Å². The second-order valence-electron chi connectivity index (χ2n) is 5.59. The minimum atomic E-state index is 0. The Morgan fingerprint density at radius 3 is 2.50 bits per heavy atom. The summed E-state index contributed by atoms with van der Waals surface area (Å²) in [6, 6.07) is 8.47. The van der Waals surface area contributed by atoms with E-state index in [1.807, 2.05) is 24.3 Å². The molecule has 0 bridgehead atoms. The Morgan fingerprint density at radius 2 is 1.86 bits per heavy atom. The van der Waals surface area contributed by atoms with Crippen LogP contribution in [-0.4, -0.2) is 23.7 Å². The van der Waals surface area contributed by atoms with Crippen LogP contribution in [0, 0.1) is 0 Å². The molecule has 1 aromatic rings. The second-order valence-corrected chi connectivity index (χ2v) is 7.19. The van der Waals surface area contributed by atoms with Gasteiger partial charge in [0.1, 0.15) is 0 Å². The highest BCUT2D eigenvalue weighted by Gasteiger charge is 2.19. The van der Waals surface area contributed by atoms with Gasteiger partial charge in [0.15, 0.2) is 0 Å². The van der Waals surface area contributed by atoms with Gasteiger partial charge < -0.3 is 11.1 Å². The molecular weight excluding hydrogens is 339 g/mol. The van der Waals surface area contributed by atoms with Crippen LogP contribution < -0.4 is 11.1 Å². The van der Waals surface area contributed by atoms with Gasteiger partial charge in [-0.15, -0.1) is 24.2 Å². The van der Waals surface area contributed by atoms with Gasteiger partial charge in [0.2, 0.25) is 5.91 Å². The maximum absolute atomic E-state index is 11.9. The molecule has 0 aliphatic heterocycles. The van der Waals surface area contributed by atoms with Gasteiger partial charge in [-0.3, -0.25) is 4.79 Å². The van der Waals surface area contributed by atoms with E-state index in [4.69, 9.17) is 17.3 Å². The molecule has 1 fully saturated rings. The fourth-order valence-electron chi connectivity index (χ4n) is 2.52. The molecule has 0 atom stereocenters. The molecule has 0 aromatic heterocycles. The van der Waals surface area contributed by atoms with Crippen LogP contribution in [0.5, 0.6) is 0 Å². The highest BCUT2D eigenvalue weighted by Crippen LogP contribution is 2.21. The first-order chi connectivity index (χ1) is 10.1. The monoisotopic (exact) mass is 362 g/mol. The van der Waals surface area contributed by atoms with Crippen LogP contribution in [0.1, 0.15) is 38.5 Å². The first kappa shape index (κ1) is 19.6. The summed E-state index contributed by atoms with van der Waals surface area (Å²) in [4.78, 5) is 13.1. The topological polar surface area (TPSA) is 55.1 Å². The van der Waals surface area contributed by atoms with Crippen LogP contribution in [0.25, 0.3) is 0 Å². The summed E-state index contributed by atoms with van der Waals surface area (Å²) in [6.45, 7) is 0. The van der Waals surface area contributed by atoms with E-state index in [1.54, 1.807) is 11.8 Å². The Balaban J connectivity index is 0.00000242. The molecule has 3 nitrogen and oxygen atoms in total. The largest absolute Gasteiger partial charge is 0.353 e. The molecule has 22 heavy (non-hydrogen) atoms. The third-order valence-electron chi connectivity index (χ3n) is 3.77. The normalized spacial score (nSPS) is 21.0. The van der Waals surface area contributed by atoms with Crippen molar-refractivity contribution in [3.63, 3.8) is 0 Å². The minimum absolute atomic E-state index is 0. The molecule has 1 amide bonds. The van der Waals surface area contributed by atoms with Crippen LogP contribution in [0.15, 0.2) is 29.2 Å². The molecule has 1 aliphatic carbocycles. The highest BCUT2D eigenvalue weighted by atomic mass is 35.5. The van der Waals surface area contributed by atoms with E-state index in [1.165, 1.54) is 4.90 Å². The number of nitrogens with two attached hydrogens (primary N) is 1. The van der Waals surface area contributed by atoms with Crippen molar-refractivity contribution in [1.29, 1.82) is 0 Å². The summed E-state index contributed by atoms with van der Waals surface area (Å²) >= 11 is 7.61. The van der Waals surface area contributed by atoms with Crippen molar-refractivity contribution in [1.82, 2.24) is 5.32 Å². The predicted octanol–water partition coefficient (Wildman–Crippen LogP) is 4.02. The maximum Gasteiger partial charge on any atom is 0.220 e. The van der Waals surface area contributed by atoms with E-state index in [0.29, 0.717) is 18.5 Å². The number of halogens is 2. The van der Waals surface area contributed by atoms with Crippen molar-refractivity contribution in [2.75, 3.05) is 5.75 Å².